The highest BCUT2D eigenvalue weighted by atomic mass is 19.4. The average molecular weight is 606 g/mol. The van der Waals surface area contributed by atoms with Crippen molar-refractivity contribution in [2.24, 2.45) is 11.8 Å². The van der Waals surface area contributed by atoms with Crippen molar-refractivity contribution in [3.8, 4) is 0 Å². The summed E-state index contributed by atoms with van der Waals surface area (Å²) in [6.07, 6.45) is -1.86. The summed E-state index contributed by atoms with van der Waals surface area (Å²) in [5.41, 5.74) is 0.934. The van der Waals surface area contributed by atoms with Gasteiger partial charge in [0.1, 0.15) is 6.04 Å². The number of amides is 3. The Labute approximate surface area is 251 Å². The van der Waals surface area contributed by atoms with Crippen molar-refractivity contribution in [2.75, 3.05) is 6.54 Å². The van der Waals surface area contributed by atoms with Gasteiger partial charge in [-0.25, -0.2) is 0 Å². The van der Waals surface area contributed by atoms with E-state index in [4.69, 9.17) is 0 Å². The maximum atomic E-state index is 13.9. The van der Waals surface area contributed by atoms with Gasteiger partial charge in [0.2, 0.25) is 17.7 Å². The molecule has 2 heterocycles. The number of hydrogen-bond donors (Lipinski definition) is 3. The van der Waals surface area contributed by atoms with Crippen molar-refractivity contribution in [1.29, 1.82) is 0 Å². The van der Waals surface area contributed by atoms with E-state index >= 15 is 0 Å². The van der Waals surface area contributed by atoms with Crippen LogP contribution in [0.3, 0.4) is 0 Å². The third kappa shape index (κ3) is 6.51. The molecule has 3 aromatic rings. The first kappa shape index (κ1) is 30.5. The maximum Gasteiger partial charge on any atom is 0.416 e. The fourth-order valence-corrected chi connectivity index (χ4v) is 5.99. The van der Waals surface area contributed by atoms with Crippen LogP contribution in [0.1, 0.15) is 34.6 Å². The van der Waals surface area contributed by atoms with Crippen LogP contribution in [0.5, 0.6) is 0 Å². The molecule has 0 saturated carbocycles. The van der Waals surface area contributed by atoms with Gasteiger partial charge in [-0.3, -0.25) is 19.2 Å². The van der Waals surface area contributed by atoms with E-state index in [1.807, 2.05) is 60.7 Å². The monoisotopic (exact) mass is 605 g/mol. The van der Waals surface area contributed by atoms with Gasteiger partial charge in [0, 0.05) is 19.0 Å². The fraction of sp³-hybridized carbons (Fsp3) is 0.273. The number of carbonyl (C=O) groups excluding carboxylic acids is 3. The van der Waals surface area contributed by atoms with E-state index in [-0.39, 0.29) is 23.9 Å². The third-order valence-corrected chi connectivity index (χ3v) is 8.09. The number of nitrogens with zero attached hydrogens (tertiary/aromatic N) is 1. The number of likely N-dealkylation sites (tertiary alicyclic amines) is 1. The fourth-order valence-electron chi connectivity index (χ4n) is 5.99. The van der Waals surface area contributed by atoms with Crippen molar-refractivity contribution in [2.45, 2.75) is 37.1 Å². The van der Waals surface area contributed by atoms with Gasteiger partial charge >= 0.3 is 12.1 Å². The zero-order valence-corrected chi connectivity index (χ0v) is 23.4. The molecule has 8 nitrogen and oxygen atoms in total. The number of rotatable bonds is 10. The van der Waals surface area contributed by atoms with Crippen molar-refractivity contribution >= 4 is 29.8 Å². The van der Waals surface area contributed by atoms with Crippen LogP contribution in [-0.2, 0) is 31.9 Å². The van der Waals surface area contributed by atoms with E-state index in [1.165, 1.54) is 17.0 Å². The number of hydrogen-bond acceptors (Lipinski definition) is 4. The molecule has 2 fully saturated rings. The van der Waals surface area contributed by atoms with Crippen LogP contribution in [0.4, 0.5) is 13.2 Å². The Morgan fingerprint density at radius 1 is 0.977 bits per heavy atom. The molecule has 3 amide bonds. The van der Waals surface area contributed by atoms with Crippen LogP contribution in [-0.4, -0.2) is 52.3 Å². The summed E-state index contributed by atoms with van der Waals surface area (Å²) in [6, 6.07) is 20.6. The number of alkyl halides is 3. The van der Waals surface area contributed by atoms with E-state index in [2.05, 4.69) is 10.6 Å². The molecule has 0 radical (unpaired) electrons. The summed E-state index contributed by atoms with van der Waals surface area (Å²) in [7, 11) is 0. The van der Waals surface area contributed by atoms with Crippen molar-refractivity contribution in [3.05, 3.63) is 113 Å². The summed E-state index contributed by atoms with van der Waals surface area (Å²) < 4.78 is 39.5. The molecule has 5 atom stereocenters. The Balaban J connectivity index is 1.44. The van der Waals surface area contributed by atoms with Gasteiger partial charge in [0.05, 0.1) is 29.9 Å². The standard InChI is InChI=1S/C33H30F3N3O5/c34-33(35,36)23-13-7-10-21(16-23)18-37-30(42)26(17-27(40)41)39-25(15-14-20-8-3-1-4-9-20)29(32(39)44)28-24(19-38-31(28)43)22-11-5-2-6-12-22/h1-16,24-26,28-29H,17-19H2,(H,37,42)(H,38,43)(H,40,41)/t24-,25-,26+,28?,29-/m0/s1. The van der Waals surface area contributed by atoms with E-state index < -0.39 is 59.9 Å². The molecule has 0 spiro atoms. The molecule has 2 aliphatic heterocycles. The second-order valence-electron chi connectivity index (χ2n) is 10.8. The van der Waals surface area contributed by atoms with E-state index in [0.29, 0.717) is 6.54 Å². The first-order valence-corrected chi connectivity index (χ1v) is 14.1. The second kappa shape index (κ2) is 12.7. The number of benzene rings is 3. The SMILES string of the molecule is O=C(O)C[C@H](C(=O)NCc1cccc(C(F)(F)F)c1)N1C(=O)[C@H](C2C(=O)NC[C@H]2c2ccccc2)[C@@H]1C=Cc1ccccc1. The Bertz CT molecular complexity index is 1560. The molecule has 44 heavy (non-hydrogen) atoms. The Kier molecular flexibility index (Phi) is 8.84. The molecule has 228 valence electrons. The molecule has 2 saturated heterocycles. The number of carboxylic acids is 1. The summed E-state index contributed by atoms with van der Waals surface area (Å²) in [4.78, 5) is 53.5. The first-order chi connectivity index (χ1) is 21.0. The van der Waals surface area contributed by atoms with Crippen LogP contribution in [0.15, 0.2) is 91.0 Å². The molecule has 5 rings (SSSR count). The zero-order valence-electron chi connectivity index (χ0n) is 23.4. The molecule has 11 heteroatoms. The number of β-lactam (4-membered cyclic amide) rings is 1. The van der Waals surface area contributed by atoms with Gasteiger partial charge in [-0.15, -0.1) is 0 Å². The minimum Gasteiger partial charge on any atom is -0.481 e. The topological polar surface area (TPSA) is 116 Å². The number of nitrogens with one attached hydrogen (secondary N) is 2. The predicted octanol–water partition coefficient (Wildman–Crippen LogP) is 4.24. The van der Waals surface area contributed by atoms with Crippen molar-refractivity contribution in [3.63, 3.8) is 0 Å². The molecule has 3 N–H and O–H groups in total. The smallest absolute Gasteiger partial charge is 0.416 e. The lowest BCUT2D eigenvalue weighted by atomic mass is 9.70. The molecule has 2 aliphatic rings. The van der Waals surface area contributed by atoms with Gasteiger partial charge in [0.15, 0.2) is 0 Å². The lowest BCUT2D eigenvalue weighted by Crippen LogP contribution is -2.69. The molecule has 3 aromatic carbocycles. The summed E-state index contributed by atoms with van der Waals surface area (Å²) in [5, 5.41) is 15.0. The normalized spacial score (nSPS) is 22.4. The van der Waals surface area contributed by atoms with Gasteiger partial charge in [-0.2, -0.15) is 13.2 Å². The summed E-state index contributed by atoms with van der Waals surface area (Å²) in [5.74, 6) is -4.97. The van der Waals surface area contributed by atoms with E-state index in [0.717, 1.165) is 23.3 Å². The van der Waals surface area contributed by atoms with Crippen LogP contribution in [0.2, 0.25) is 0 Å². The van der Waals surface area contributed by atoms with Crippen molar-refractivity contribution in [1.82, 2.24) is 15.5 Å². The average Bonchev–Trinajstić information content (AvgIpc) is 3.38. The Morgan fingerprint density at radius 3 is 2.32 bits per heavy atom. The number of carboxylic acid groups (broad SMARTS) is 1. The lowest BCUT2D eigenvalue weighted by molar-refractivity contribution is -0.169. The molecule has 1 unspecified atom stereocenters. The van der Waals surface area contributed by atoms with E-state index in [1.54, 1.807) is 12.2 Å². The van der Waals surface area contributed by atoms with Gasteiger partial charge in [-0.05, 0) is 28.8 Å². The second-order valence-corrected chi connectivity index (χ2v) is 10.8. The van der Waals surface area contributed by atoms with Gasteiger partial charge < -0.3 is 20.6 Å². The van der Waals surface area contributed by atoms with Crippen molar-refractivity contribution < 1.29 is 37.5 Å². The number of aliphatic carboxylic acids is 1. The number of carbonyl (C=O) groups is 4. The Morgan fingerprint density at radius 2 is 1.66 bits per heavy atom. The molecule has 0 bridgehead atoms. The lowest BCUT2D eigenvalue weighted by Gasteiger charge is -2.51. The Hall–Kier alpha value is -4.93. The highest BCUT2D eigenvalue weighted by Gasteiger charge is 2.58. The molecule has 0 aliphatic carbocycles. The molecular formula is C33H30F3N3O5. The minimum atomic E-state index is -4.58. The summed E-state index contributed by atoms with van der Waals surface area (Å²) >= 11 is 0. The highest BCUT2D eigenvalue weighted by Crippen LogP contribution is 2.44. The van der Waals surface area contributed by atoms with Crippen LogP contribution >= 0.6 is 0 Å². The first-order valence-electron chi connectivity index (χ1n) is 14.1. The van der Waals surface area contributed by atoms with Crippen LogP contribution in [0.25, 0.3) is 6.08 Å². The van der Waals surface area contributed by atoms with Gasteiger partial charge in [0.25, 0.3) is 0 Å². The van der Waals surface area contributed by atoms with Crippen LogP contribution in [0, 0.1) is 11.8 Å². The van der Waals surface area contributed by atoms with Crippen LogP contribution < -0.4 is 10.6 Å². The zero-order chi connectivity index (χ0) is 31.4. The summed E-state index contributed by atoms with van der Waals surface area (Å²) in [6.45, 7) is 0.0123. The quantitative estimate of drug-likeness (QED) is 0.299. The van der Waals surface area contributed by atoms with E-state index in [9.17, 15) is 37.5 Å². The largest absolute Gasteiger partial charge is 0.481 e. The third-order valence-electron chi connectivity index (χ3n) is 8.09. The molecular weight excluding hydrogens is 575 g/mol. The minimum absolute atomic E-state index is 0.156. The predicted molar refractivity (Wildman–Crippen MR) is 155 cm³/mol. The highest BCUT2D eigenvalue weighted by molar-refractivity contribution is 5.99. The number of halogens is 3. The van der Waals surface area contributed by atoms with Gasteiger partial charge in [-0.1, -0.05) is 84.9 Å². The molecule has 0 aromatic heterocycles. The maximum absolute atomic E-state index is 13.9.